The molecule has 1 aliphatic heterocycles. The number of ether oxygens (including phenoxy) is 1. The van der Waals surface area contributed by atoms with Gasteiger partial charge in [0.05, 0.1) is 19.3 Å². The first-order chi connectivity index (χ1) is 9.24. The first-order valence-electron chi connectivity index (χ1n) is 6.96. The summed E-state index contributed by atoms with van der Waals surface area (Å²) >= 11 is 6.03. The second kappa shape index (κ2) is 7.25. The van der Waals surface area contributed by atoms with Crippen molar-refractivity contribution in [1.82, 2.24) is 4.90 Å². The van der Waals surface area contributed by atoms with Crippen LogP contribution in [0.1, 0.15) is 31.4 Å². The fourth-order valence-corrected chi connectivity index (χ4v) is 2.83. The number of hydrogen-bond donors (Lipinski definition) is 1. The topological polar surface area (TPSA) is 32.7 Å². The lowest BCUT2D eigenvalue weighted by atomic mass is 10.0. The maximum atomic E-state index is 9.51. The van der Waals surface area contributed by atoms with E-state index >= 15 is 0 Å². The van der Waals surface area contributed by atoms with Gasteiger partial charge in [0.2, 0.25) is 0 Å². The zero-order valence-corrected chi connectivity index (χ0v) is 12.1. The largest absolute Gasteiger partial charge is 0.395 e. The highest BCUT2D eigenvalue weighted by molar-refractivity contribution is 6.30. The van der Waals surface area contributed by atoms with Crippen LogP contribution in [0.3, 0.4) is 0 Å². The van der Waals surface area contributed by atoms with Crippen molar-refractivity contribution >= 4 is 11.6 Å². The summed E-state index contributed by atoms with van der Waals surface area (Å²) in [5.41, 5.74) is 1.12. The van der Waals surface area contributed by atoms with Gasteiger partial charge in [0.1, 0.15) is 0 Å². The quantitative estimate of drug-likeness (QED) is 0.902. The molecule has 1 N–H and O–H groups in total. The zero-order valence-electron chi connectivity index (χ0n) is 11.4. The van der Waals surface area contributed by atoms with Gasteiger partial charge in [0.15, 0.2) is 0 Å². The van der Waals surface area contributed by atoms with Crippen molar-refractivity contribution in [3.8, 4) is 0 Å². The molecule has 1 aromatic rings. The first-order valence-corrected chi connectivity index (χ1v) is 7.34. The Kier molecular flexibility index (Phi) is 5.64. The Morgan fingerprint density at radius 1 is 1.53 bits per heavy atom. The van der Waals surface area contributed by atoms with Gasteiger partial charge in [-0.1, -0.05) is 37.1 Å². The van der Waals surface area contributed by atoms with Crippen molar-refractivity contribution in [3.63, 3.8) is 0 Å². The Morgan fingerprint density at radius 3 is 3.05 bits per heavy atom. The van der Waals surface area contributed by atoms with Crippen molar-refractivity contribution in [2.45, 2.75) is 31.9 Å². The van der Waals surface area contributed by atoms with E-state index < -0.39 is 0 Å². The minimum absolute atomic E-state index is 0.0540. The predicted molar refractivity (Wildman–Crippen MR) is 77.5 cm³/mol. The maximum absolute atomic E-state index is 9.51. The van der Waals surface area contributed by atoms with Crippen LogP contribution in [-0.4, -0.2) is 42.4 Å². The van der Waals surface area contributed by atoms with Gasteiger partial charge in [-0.3, -0.25) is 4.90 Å². The van der Waals surface area contributed by atoms with Crippen LogP contribution in [0.15, 0.2) is 24.3 Å². The van der Waals surface area contributed by atoms with E-state index in [9.17, 15) is 5.11 Å². The fraction of sp³-hybridized carbons (Fsp3) is 0.600. The van der Waals surface area contributed by atoms with Gasteiger partial charge in [0.25, 0.3) is 0 Å². The SMILES string of the molecule is CCCC(CO)N1CCOC(c2cccc(Cl)c2)C1. The van der Waals surface area contributed by atoms with Crippen molar-refractivity contribution in [3.05, 3.63) is 34.9 Å². The van der Waals surface area contributed by atoms with Gasteiger partial charge in [0, 0.05) is 24.2 Å². The Balaban J connectivity index is 2.04. The number of aliphatic hydroxyl groups excluding tert-OH is 1. The highest BCUT2D eigenvalue weighted by Crippen LogP contribution is 2.26. The number of morpholine rings is 1. The summed E-state index contributed by atoms with van der Waals surface area (Å²) < 4.78 is 5.84. The van der Waals surface area contributed by atoms with Gasteiger partial charge < -0.3 is 9.84 Å². The third-order valence-corrected chi connectivity index (χ3v) is 3.90. The van der Waals surface area contributed by atoms with Crippen molar-refractivity contribution < 1.29 is 9.84 Å². The smallest absolute Gasteiger partial charge is 0.0953 e. The highest BCUT2D eigenvalue weighted by atomic mass is 35.5. The molecule has 3 nitrogen and oxygen atoms in total. The van der Waals surface area contributed by atoms with E-state index in [0.717, 1.165) is 36.5 Å². The van der Waals surface area contributed by atoms with E-state index in [4.69, 9.17) is 16.3 Å². The molecule has 0 amide bonds. The van der Waals surface area contributed by atoms with Crippen molar-refractivity contribution in [2.75, 3.05) is 26.3 Å². The van der Waals surface area contributed by atoms with E-state index in [0.29, 0.717) is 6.61 Å². The lowest BCUT2D eigenvalue weighted by molar-refractivity contribution is -0.0536. The summed E-state index contributed by atoms with van der Waals surface area (Å²) in [5, 5.41) is 10.2. The van der Waals surface area contributed by atoms with Crippen LogP contribution < -0.4 is 0 Å². The summed E-state index contributed by atoms with van der Waals surface area (Å²) in [4.78, 5) is 2.33. The molecule has 106 valence electrons. The van der Waals surface area contributed by atoms with Crippen LogP contribution in [0, 0.1) is 0 Å². The number of rotatable bonds is 5. The monoisotopic (exact) mass is 283 g/mol. The average Bonchev–Trinajstić information content (AvgIpc) is 2.45. The van der Waals surface area contributed by atoms with Gasteiger partial charge in [-0.15, -0.1) is 0 Å². The van der Waals surface area contributed by atoms with Gasteiger partial charge in [-0.2, -0.15) is 0 Å². The third-order valence-electron chi connectivity index (χ3n) is 3.67. The summed E-state index contributed by atoms with van der Waals surface area (Å²) in [6.07, 6.45) is 2.17. The number of halogens is 1. The standard InChI is InChI=1S/C15H22ClNO2/c1-2-4-14(11-18)17-7-8-19-15(10-17)12-5-3-6-13(16)9-12/h3,5-6,9,14-15,18H,2,4,7-8,10-11H2,1H3. The molecular weight excluding hydrogens is 262 g/mol. The van der Waals surface area contributed by atoms with Crippen LogP contribution in [0.2, 0.25) is 5.02 Å². The van der Waals surface area contributed by atoms with E-state index in [1.165, 1.54) is 0 Å². The van der Waals surface area contributed by atoms with E-state index in [1.807, 2.05) is 24.3 Å². The molecule has 0 aliphatic carbocycles. The Labute approximate surface area is 120 Å². The molecule has 2 atom stereocenters. The summed E-state index contributed by atoms with van der Waals surface area (Å²) in [5.74, 6) is 0. The third kappa shape index (κ3) is 3.93. The predicted octanol–water partition coefficient (Wildman–Crippen LogP) is 2.87. The van der Waals surface area contributed by atoms with E-state index in [-0.39, 0.29) is 18.8 Å². The number of hydrogen-bond acceptors (Lipinski definition) is 3. The molecule has 0 radical (unpaired) electrons. The number of aliphatic hydroxyl groups is 1. The van der Waals surface area contributed by atoms with E-state index in [1.54, 1.807) is 0 Å². The van der Waals surface area contributed by atoms with Gasteiger partial charge >= 0.3 is 0 Å². The summed E-state index contributed by atoms with van der Waals surface area (Å²) in [6, 6.07) is 8.09. The molecule has 1 fully saturated rings. The minimum Gasteiger partial charge on any atom is -0.395 e. The Bertz CT molecular complexity index is 399. The van der Waals surface area contributed by atoms with Crippen molar-refractivity contribution in [2.24, 2.45) is 0 Å². The number of benzene rings is 1. The molecular formula is C15H22ClNO2. The highest BCUT2D eigenvalue weighted by Gasteiger charge is 2.26. The molecule has 1 heterocycles. The lowest BCUT2D eigenvalue weighted by Gasteiger charge is -2.37. The maximum Gasteiger partial charge on any atom is 0.0953 e. The molecule has 19 heavy (non-hydrogen) atoms. The fourth-order valence-electron chi connectivity index (χ4n) is 2.63. The molecule has 0 saturated carbocycles. The van der Waals surface area contributed by atoms with Crippen molar-refractivity contribution in [1.29, 1.82) is 0 Å². The summed E-state index contributed by atoms with van der Waals surface area (Å²) in [7, 11) is 0. The Morgan fingerprint density at radius 2 is 2.37 bits per heavy atom. The van der Waals surface area contributed by atoms with Crippen LogP contribution >= 0.6 is 11.6 Å². The average molecular weight is 284 g/mol. The molecule has 0 bridgehead atoms. The normalized spacial score (nSPS) is 22.4. The molecule has 0 spiro atoms. The van der Waals surface area contributed by atoms with Gasteiger partial charge in [-0.25, -0.2) is 0 Å². The molecule has 1 aromatic carbocycles. The summed E-state index contributed by atoms with van der Waals surface area (Å²) in [6.45, 7) is 4.79. The minimum atomic E-state index is 0.0540. The lowest BCUT2D eigenvalue weighted by Crippen LogP contribution is -2.46. The zero-order chi connectivity index (χ0) is 13.7. The molecule has 4 heteroatoms. The first kappa shape index (κ1) is 14.8. The molecule has 1 aliphatic rings. The molecule has 2 unspecified atom stereocenters. The molecule has 0 aromatic heterocycles. The number of nitrogens with zero attached hydrogens (tertiary/aromatic N) is 1. The van der Waals surface area contributed by atoms with Crippen LogP contribution in [-0.2, 0) is 4.74 Å². The molecule has 1 saturated heterocycles. The molecule has 2 rings (SSSR count). The van der Waals surface area contributed by atoms with Crippen LogP contribution in [0.4, 0.5) is 0 Å². The second-order valence-corrected chi connectivity index (χ2v) is 5.47. The second-order valence-electron chi connectivity index (χ2n) is 5.03. The van der Waals surface area contributed by atoms with Crippen LogP contribution in [0.5, 0.6) is 0 Å². The van der Waals surface area contributed by atoms with Gasteiger partial charge in [-0.05, 0) is 24.1 Å². The Hall–Kier alpha value is -0.610. The van der Waals surface area contributed by atoms with Crippen LogP contribution in [0.25, 0.3) is 0 Å². The van der Waals surface area contributed by atoms with E-state index in [2.05, 4.69) is 11.8 Å².